The predicted octanol–water partition coefficient (Wildman–Crippen LogP) is 16.8. The molecule has 5 heterocycles. The molecule has 15 aromatic rings. The van der Waals surface area contributed by atoms with E-state index in [2.05, 4.69) is 139 Å². The summed E-state index contributed by atoms with van der Waals surface area (Å²) in [6, 6.07) is 74.2. The van der Waals surface area contributed by atoms with Crippen LogP contribution in [-0.4, -0.2) is 13.7 Å². The van der Waals surface area contributed by atoms with Crippen molar-refractivity contribution >= 4 is 125 Å². The van der Waals surface area contributed by atoms with Crippen molar-refractivity contribution < 1.29 is 8.83 Å². The van der Waals surface area contributed by atoms with Gasteiger partial charge in [-0.1, -0.05) is 107 Å². The van der Waals surface area contributed by atoms with Crippen LogP contribution in [0.15, 0.2) is 213 Å². The quantitative estimate of drug-likeness (QED) is 0.175. The Morgan fingerprint density at radius 1 is 0.319 bits per heavy atom. The minimum absolute atomic E-state index is 0.558. The molecule has 0 aliphatic heterocycles. The number of nitriles is 3. The molecule has 334 valence electrons. The number of halogens is 1. The zero-order chi connectivity index (χ0) is 48.2. The van der Waals surface area contributed by atoms with Crippen LogP contribution in [0.1, 0.15) is 16.7 Å². The van der Waals surface area contributed by atoms with Crippen molar-refractivity contribution in [3.63, 3.8) is 0 Å². The van der Waals surface area contributed by atoms with Crippen molar-refractivity contribution in [1.29, 1.82) is 15.8 Å². The number of hydrogen-bond donors (Lipinski definition) is 0. The van der Waals surface area contributed by atoms with Crippen LogP contribution < -0.4 is 0 Å². The minimum Gasteiger partial charge on any atom is -0.455 e. The van der Waals surface area contributed by atoms with E-state index in [0.29, 0.717) is 16.7 Å². The molecule has 0 saturated heterocycles. The first-order chi connectivity index (χ1) is 35.5. The van der Waals surface area contributed by atoms with Crippen molar-refractivity contribution in [2.75, 3.05) is 0 Å². The monoisotopic (exact) mass is 984 g/mol. The van der Waals surface area contributed by atoms with Crippen LogP contribution >= 0.6 is 15.9 Å². The van der Waals surface area contributed by atoms with Gasteiger partial charge in [0.05, 0.1) is 78.8 Å². The van der Waals surface area contributed by atoms with Gasteiger partial charge in [0.1, 0.15) is 22.3 Å². The molecule has 5 aromatic heterocycles. The summed E-state index contributed by atoms with van der Waals surface area (Å²) < 4.78 is 20.3. The molecule has 0 amide bonds. The third kappa shape index (κ3) is 6.07. The first kappa shape index (κ1) is 41.2. The third-order valence-corrected chi connectivity index (χ3v) is 14.4. The molecule has 0 saturated carbocycles. The number of aromatic nitrogens is 3. The Kier molecular flexibility index (Phi) is 9.06. The Hall–Kier alpha value is -9.85. The normalized spacial score (nSPS) is 11.6. The maximum absolute atomic E-state index is 10.2. The van der Waals surface area contributed by atoms with Crippen molar-refractivity contribution in [1.82, 2.24) is 13.7 Å². The van der Waals surface area contributed by atoms with Crippen molar-refractivity contribution in [3.05, 3.63) is 221 Å². The Morgan fingerprint density at radius 3 is 1.25 bits per heavy atom. The summed E-state index contributed by atoms with van der Waals surface area (Å²) in [7, 11) is 0. The molecule has 10 aromatic carbocycles. The van der Waals surface area contributed by atoms with Gasteiger partial charge in [-0.3, -0.25) is 0 Å². The van der Waals surface area contributed by atoms with Gasteiger partial charge in [0.2, 0.25) is 0 Å². The second-order valence-corrected chi connectivity index (χ2v) is 18.8. The van der Waals surface area contributed by atoms with E-state index in [1.807, 2.05) is 109 Å². The number of nitrogens with zero attached hydrogens (tertiary/aromatic N) is 6. The smallest absolute Gasteiger partial charge is 0.145 e. The van der Waals surface area contributed by atoms with Crippen LogP contribution in [0.2, 0.25) is 0 Å². The molecule has 0 atom stereocenters. The predicted molar refractivity (Wildman–Crippen MR) is 292 cm³/mol. The Morgan fingerprint density at radius 2 is 0.722 bits per heavy atom. The molecule has 0 N–H and O–H groups in total. The van der Waals surface area contributed by atoms with E-state index in [0.717, 1.165) is 131 Å². The number of rotatable bonds is 3. The molecule has 0 aliphatic rings. The highest BCUT2D eigenvalue weighted by atomic mass is 79.9. The van der Waals surface area contributed by atoms with E-state index >= 15 is 0 Å². The number of fused-ring (bicyclic) bond motifs is 17. The molecule has 9 heteroatoms. The lowest BCUT2D eigenvalue weighted by Gasteiger charge is -2.13. The van der Waals surface area contributed by atoms with Crippen LogP contribution in [0.4, 0.5) is 0 Å². The van der Waals surface area contributed by atoms with E-state index in [1.54, 1.807) is 0 Å². The average molecular weight is 986 g/mol. The van der Waals surface area contributed by atoms with E-state index in [4.69, 9.17) is 8.83 Å². The highest BCUT2D eigenvalue weighted by Crippen LogP contribution is 2.43. The molecule has 0 fully saturated rings. The van der Waals surface area contributed by atoms with Crippen molar-refractivity contribution in [2.45, 2.75) is 0 Å². The first-order valence-corrected chi connectivity index (χ1v) is 24.1. The fraction of sp³-hybridized carbons (Fsp3) is 0. The summed E-state index contributed by atoms with van der Waals surface area (Å²) in [5, 5.41) is 40.1. The second kappa shape index (κ2) is 15.8. The molecular formula is C63H33BrN6O2. The van der Waals surface area contributed by atoms with Gasteiger partial charge in [-0.25, -0.2) is 0 Å². The lowest BCUT2D eigenvalue weighted by atomic mass is 10.1. The maximum atomic E-state index is 10.2. The summed E-state index contributed by atoms with van der Waals surface area (Å²) >= 11 is 3.55. The van der Waals surface area contributed by atoms with Crippen LogP contribution in [0.5, 0.6) is 0 Å². The molecule has 0 bridgehead atoms. The summed E-state index contributed by atoms with van der Waals surface area (Å²) in [6.07, 6.45) is 0. The molecular weight excluding hydrogens is 953 g/mol. The Bertz CT molecular complexity index is 4940. The van der Waals surface area contributed by atoms with Crippen LogP contribution in [0.3, 0.4) is 0 Å². The van der Waals surface area contributed by atoms with Crippen LogP contribution in [0, 0.1) is 34.0 Å². The summed E-state index contributed by atoms with van der Waals surface area (Å²) in [6.45, 7) is 0. The fourth-order valence-corrected chi connectivity index (χ4v) is 11.5. The minimum atomic E-state index is 0.558. The van der Waals surface area contributed by atoms with Gasteiger partial charge in [-0.2, -0.15) is 15.8 Å². The molecule has 8 nitrogen and oxygen atoms in total. The van der Waals surface area contributed by atoms with Crippen LogP contribution in [-0.2, 0) is 0 Å². The lowest BCUT2D eigenvalue weighted by Crippen LogP contribution is -2.00. The van der Waals surface area contributed by atoms with Crippen molar-refractivity contribution in [2.24, 2.45) is 0 Å². The molecule has 72 heavy (non-hydrogen) atoms. The number of furan rings is 2. The Labute approximate surface area is 417 Å². The molecule has 0 aliphatic carbocycles. The largest absolute Gasteiger partial charge is 0.455 e. The summed E-state index contributed by atoms with van der Waals surface area (Å²) in [5.74, 6) is 0. The van der Waals surface area contributed by atoms with Gasteiger partial charge < -0.3 is 22.5 Å². The number of para-hydroxylation sites is 5. The molecule has 0 radical (unpaired) electrons. The number of benzene rings is 10. The van der Waals surface area contributed by atoms with Gasteiger partial charge in [0, 0.05) is 64.6 Å². The maximum Gasteiger partial charge on any atom is 0.145 e. The van der Waals surface area contributed by atoms with E-state index in [1.165, 1.54) is 0 Å². The molecule has 0 spiro atoms. The second-order valence-electron chi connectivity index (χ2n) is 17.9. The van der Waals surface area contributed by atoms with Crippen molar-refractivity contribution in [3.8, 4) is 35.3 Å². The lowest BCUT2D eigenvalue weighted by molar-refractivity contribution is 0.672. The van der Waals surface area contributed by atoms with Gasteiger partial charge in [0.15, 0.2) is 0 Å². The summed E-state index contributed by atoms with van der Waals surface area (Å²) in [5.41, 5.74) is 14.2. The first-order valence-electron chi connectivity index (χ1n) is 23.3. The van der Waals surface area contributed by atoms with Gasteiger partial charge in [0.25, 0.3) is 0 Å². The highest BCUT2D eigenvalue weighted by molar-refractivity contribution is 9.10. The highest BCUT2D eigenvalue weighted by Gasteiger charge is 2.22. The van der Waals surface area contributed by atoms with Gasteiger partial charge >= 0.3 is 0 Å². The van der Waals surface area contributed by atoms with E-state index in [9.17, 15) is 15.8 Å². The third-order valence-electron chi connectivity index (χ3n) is 14.0. The topological polar surface area (TPSA) is 112 Å². The van der Waals surface area contributed by atoms with Gasteiger partial charge in [-0.15, -0.1) is 0 Å². The average Bonchev–Trinajstić information content (AvgIpc) is 4.24. The standard InChI is InChI=1S/C38H20N4O.C25H13BrN2O/c39-21-23-13-15-34-31(19-23)27-7-1-4-10-32(27)41(34)25-17-24(22-40)18-26(20-25)42-33-11-5-2-9-30(33)37-35(42)16-14-29-28-8-3-6-12-36(28)43-38(29)37;26-16-11-15(14-27)12-17(13-16)28-21-7-3-1-6-20(21)24-22(28)10-9-19-18-5-2-4-8-23(18)29-25(19)24/h1-20H;1-13H. The SMILES string of the molecule is N#Cc1cc(-n2c3ccccc3c3cc(C#N)ccc32)cc(-n2c3ccccc3c3c4oc5ccccc5c4ccc32)c1.N#Cc1cc(Br)cc(-n2c3ccccc3c3c4oc5ccccc5c4ccc32)c1. The number of hydrogen-bond acceptors (Lipinski definition) is 5. The summed E-state index contributed by atoms with van der Waals surface area (Å²) in [4.78, 5) is 0. The van der Waals surface area contributed by atoms with Gasteiger partial charge in [-0.05, 0) is 109 Å². The molecule has 0 unspecified atom stereocenters. The van der Waals surface area contributed by atoms with Crippen LogP contribution in [0.25, 0.3) is 126 Å². The zero-order valence-corrected chi connectivity index (χ0v) is 39.5. The Balaban J connectivity index is 0.000000144. The fourth-order valence-electron chi connectivity index (χ4n) is 11.0. The molecule has 15 rings (SSSR count). The zero-order valence-electron chi connectivity index (χ0n) is 37.9. The van der Waals surface area contributed by atoms with E-state index in [-0.39, 0.29) is 0 Å². The van der Waals surface area contributed by atoms with E-state index < -0.39 is 0 Å².